The van der Waals surface area contributed by atoms with Crippen LogP contribution in [-0.2, 0) is 4.79 Å². The van der Waals surface area contributed by atoms with Gasteiger partial charge in [0, 0.05) is 16.5 Å². The maximum absolute atomic E-state index is 13.4. The van der Waals surface area contributed by atoms with Crippen molar-refractivity contribution >= 4 is 27.5 Å². The molecule has 7 heteroatoms. The topological polar surface area (TPSA) is 91.1 Å². The zero-order chi connectivity index (χ0) is 19.1. The van der Waals surface area contributed by atoms with Gasteiger partial charge >= 0.3 is 0 Å². The highest BCUT2D eigenvalue weighted by molar-refractivity contribution is 7.17. The summed E-state index contributed by atoms with van der Waals surface area (Å²) in [5.41, 5.74) is 7.67. The Balaban J connectivity index is 2.08. The number of nitrogens with zero attached hydrogens (tertiary/aromatic N) is 2. The van der Waals surface area contributed by atoms with Crippen molar-refractivity contribution in [1.29, 1.82) is 0 Å². The molecule has 136 valence electrons. The van der Waals surface area contributed by atoms with E-state index in [0.717, 1.165) is 11.1 Å². The van der Waals surface area contributed by atoms with Crippen LogP contribution in [0.15, 0.2) is 57.3 Å². The predicted molar refractivity (Wildman–Crippen MR) is 106 cm³/mol. The number of nitrogens with two attached hydrogens (primary N) is 1. The third-order valence-electron chi connectivity index (χ3n) is 4.50. The summed E-state index contributed by atoms with van der Waals surface area (Å²) in [5.74, 6) is 0.416. The van der Waals surface area contributed by atoms with Crippen LogP contribution in [0.2, 0.25) is 0 Å². The third kappa shape index (κ3) is 2.86. The number of benzene rings is 1. The van der Waals surface area contributed by atoms with Crippen molar-refractivity contribution in [1.82, 2.24) is 9.55 Å². The minimum absolute atomic E-state index is 0.310. The zero-order valence-electron chi connectivity index (χ0n) is 14.8. The Morgan fingerprint density at radius 2 is 2.11 bits per heavy atom. The molecule has 0 radical (unpaired) electrons. The molecular formula is C20H17N3O3S. The number of furan rings is 1. The highest BCUT2D eigenvalue weighted by atomic mass is 32.1. The number of rotatable bonds is 4. The number of fused-ring (bicyclic) bond motifs is 1. The predicted octanol–water partition coefficient (Wildman–Crippen LogP) is 3.74. The first-order valence-corrected chi connectivity index (χ1v) is 9.29. The molecule has 0 aliphatic rings. The average molecular weight is 379 g/mol. The highest BCUT2D eigenvalue weighted by Crippen LogP contribution is 2.33. The molecule has 0 saturated carbocycles. The van der Waals surface area contributed by atoms with Gasteiger partial charge in [0.25, 0.3) is 5.56 Å². The number of carbonyl (C=O) groups excluding carboxylic acids is 1. The van der Waals surface area contributed by atoms with E-state index in [0.29, 0.717) is 27.4 Å². The van der Waals surface area contributed by atoms with Gasteiger partial charge in [-0.05, 0) is 32.0 Å². The van der Waals surface area contributed by atoms with Crippen LogP contribution in [0.3, 0.4) is 0 Å². The molecule has 3 aromatic heterocycles. The Labute approximate surface area is 158 Å². The summed E-state index contributed by atoms with van der Waals surface area (Å²) in [5, 5.41) is 2.27. The second kappa shape index (κ2) is 6.51. The number of thiophene rings is 1. The minimum atomic E-state index is -0.839. The van der Waals surface area contributed by atoms with Crippen LogP contribution in [0.4, 0.5) is 0 Å². The first-order valence-electron chi connectivity index (χ1n) is 8.41. The standard InChI is InChI=1S/C20H17N3O3S/c1-11-5-3-6-13(9-11)18-22-19-16(20(25)23(18)12(2)17(21)24)14(10-27-19)15-7-4-8-26-15/h3-10,12H,1-2H3,(H2,21,24). The van der Waals surface area contributed by atoms with Crippen LogP contribution >= 0.6 is 11.3 Å². The second-order valence-corrected chi connectivity index (χ2v) is 7.22. The van der Waals surface area contributed by atoms with Gasteiger partial charge in [-0.3, -0.25) is 14.2 Å². The zero-order valence-corrected chi connectivity index (χ0v) is 15.6. The molecule has 0 saturated heterocycles. The largest absolute Gasteiger partial charge is 0.464 e. The van der Waals surface area contributed by atoms with E-state index < -0.39 is 11.9 Å². The molecule has 1 atom stereocenters. The van der Waals surface area contributed by atoms with E-state index in [4.69, 9.17) is 15.1 Å². The maximum Gasteiger partial charge on any atom is 0.264 e. The van der Waals surface area contributed by atoms with E-state index in [1.54, 1.807) is 25.3 Å². The third-order valence-corrected chi connectivity index (χ3v) is 5.37. The van der Waals surface area contributed by atoms with Crippen molar-refractivity contribution in [3.8, 4) is 22.7 Å². The van der Waals surface area contributed by atoms with Crippen LogP contribution in [-0.4, -0.2) is 15.5 Å². The molecule has 1 amide bonds. The summed E-state index contributed by atoms with van der Waals surface area (Å²) < 4.78 is 6.83. The Morgan fingerprint density at radius 3 is 2.78 bits per heavy atom. The Kier molecular flexibility index (Phi) is 4.16. The molecular weight excluding hydrogens is 362 g/mol. The molecule has 0 spiro atoms. The van der Waals surface area contributed by atoms with Crippen LogP contribution < -0.4 is 11.3 Å². The van der Waals surface area contributed by atoms with Gasteiger partial charge in [0.2, 0.25) is 5.91 Å². The fraction of sp³-hybridized carbons (Fsp3) is 0.150. The summed E-state index contributed by atoms with van der Waals surface area (Å²) in [6.07, 6.45) is 1.55. The minimum Gasteiger partial charge on any atom is -0.464 e. The molecule has 0 bridgehead atoms. The van der Waals surface area contributed by atoms with Crippen molar-refractivity contribution in [2.75, 3.05) is 0 Å². The van der Waals surface area contributed by atoms with E-state index in [1.807, 2.05) is 36.6 Å². The SMILES string of the molecule is Cc1cccc(-c2nc3scc(-c4ccco4)c3c(=O)n2C(C)C(N)=O)c1. The molecule has 1 aromatic carbocycles. The van der Waals surface area contributed by atoms with Gasteiger partial charge in [0.1, 0.15) is 22.5 Å². The summed E-state index contributed by atoms with van der Waals surface area (Å²) in [4.78, 5) is 30.6. The van der Waals surface area contributed by atoms with Crippen molar-refractivity contribution in [2.24, 2.45) is 5.73 Å². The summed E-state index contributed by atoms with van der Waals surface area (Å²) in [7, 11) is 0. The number of hydrogen-bond donors (Lipinski definition) is 1. The maximum atomic E-state index is 13.4. The lowest BCUT2D eigenvalue weighted by Crippen LogP contribution is -2.33. The van der Waals surface area contributed by atoms with Gasteiger partial charge in [-0.1, -0.05) is 23.8 Å². The second-order valence-electron chi connectivity index (χ2n) is 6.37. The number of primary amides is 1. The van der Waals surface area contributed by atoms with Gasteiger partial charge in [-0.15, -0.1) is 11.3 Å². The Morgan fingerprint density at radius 1 is 1.30 bits per heavy atom. The lowest BCUT2D eigenvalue weighted by molar-refractivity contribution is -0.120. The van der Waals surface area contributed by atoms with Crippen molar-refractivity contribution in [2.45, 2.75) is 19.9 Å². The lowest BCUT2D eigenvalue weighted by Gasteiger charge is -2.17. The summed E-state index contributed by atoms with van der Waals surface area (Å²) in [6, 6.07) is 10.4. The van der Waals surface area contributed by atoms with Gasteiger partial charge in [0.15, 0.2) is 0 Å². The van der Waals surface area contributed by atoms with Crippen molar-refractivity contribution in [3.05, 3.63) is 64.0 Å². The molecule has 1 unspecified atom stereocenters. The van der Waals surface area contributed by atoms with E-state index in [1.165, 1.54) is 15.9 Å². The molecule has 0 fully saturated rings. The van der Waals surface area contributed by atoms with Crippen molar-refractivity contribution < 1.29 is 9.21 Å². The van der Waals surface area contributed by atoms with Gasteiger partial charge in [-0.25, -0.2) is 4.98 Å². The first-order chi connectivity index (χ1) is 13.0. The summed E-state index contributed by atoms with van der Waals surface area (Å²) in [6.45, 7) is 3.57. The average Bonchev–Trinajstić information content (AvgIpc) is 3.30. The quantitative estimate of drug-likeness (QED) is 0.585. The number of hydrogen-bond acceptors (Lipinski definition) is 5. The van der Waals surface area contributed by atoms with Crippen molar-refractivity contribution in [3.63, 3.8) is 0 Å². The number of aromatic nitrogens is 2. The fourth-order valence-corrected chi connectivity index (χ4v) is 4.01. The molecule has 27 heavy (non-hydrogen) atoms. The molecule has 0 aliphatic heterocycles. The lowest BCUT2D eigenvalue weighted by atomic mass is 10.1. The molecule has 0 aliphatic carbocycles. The molecule has 4 rings (SSSR count). The monoisotopic (exact) mass is 379 g/mol. The van der Waals surface area contributed by atoms with Crippen LogP contribution in [0.1, 0.15) is 18.5 Å². The van der Waals surface area contributed by atoms with E-state index in [2.05, 4.69) is 0 Å². The molecule has 6 nitrogen and oxygen atoms in total. The van der Waals surface area contributed by atoms with Crippen LogP contribution in [0.5, 0.6) is 0 Å². The smallest absolute Gasteiger partial charge is 0.264 e. The van der Waals surface area contributed by atoms with Crippen LogP contribution in [0.25, 0.3) is 32.9 Å². The van der Waals surface area contributed by atoms with Gasteiger partial charge < -0.3 is 10.2 Å². The summed E-state index contributed by atoms with van der Waals surface area (Å²) >= 11 is 1.37. The fourth-order valence-electron chi connectivity index (χ4n) is 3.09. The van der Waals surface area contributed by atoms with Crippen LogP contribution in [0, 0.1) is 6.92 Å². The number of carbonyl (C=O) groups is 1. The Bertz CT molecular complexity index is 1210. The van der Waals surface area contributed by atoms with E-state index >= 15 is 0 Å². The Hall–Kier alpha value is -3.19. The van der Waals surface area contributed by atoms with Gasteiger partial charge in [0.05, 0.1) is 11.6 Å². The normalized spacial score (nSPS) is 12.4. The van der Waals surface area contributed by atoms with E-state index in [9.17, 15) is 9.59 Å². The van der Waals surface area contributed by atoms with E-state index in [-0.39, 0.29) is 5.56 Å². The molecule has 3 heterocycles. The number of aryl methyl sites for hydroxylation is 1. The molecule has 4 aromatic rings. The first kappa shape index (κ1) is 17.2. The van der Waals surface area contributed by atoms with Gasteiger partial charge in [-0.2, -0.15) is 0 Å². The highest BCUT2D eigenvalue weighted by Gasteiger charge is 2.24. The molecule has 2 N–H and O–H groups in total. The number of amides is 1.